The number of ether oxygens (including phenoxy) is 1. The molecule has 0 saturated heterocycles. The second-order valence-electron chi connectivity index (χ2n) is 9.08. The second-order valence-corrected chi connectivity index (χ2v) is 10.8. The number of fused-ring (bicyclic) bond motifs is 1. The van der Waals surface area contributed by atoms with Crippen LogP contribution in [0.25, 0.3) is 21.9 Å². The molecule has 36 heavy (non-hydrogen) atoms. The highest BCUT2D eigenvalue weighted by Crippen LogP contribution is 2.23. The van der Waals surface area contributed by atoms with Crippen molar-refractivity contribution in [3.05, 3.63) is 102 Å². The number of hydrogen-bond donors (Lipinski definition) is 2. The molecule has 4 aromatic rings. The predicted octanol–water partition coefficient (Wildman–Crippen LogP) is 5.61. The molecule has 186 valence electrons. The van der Waals surface area contributed by atoms with Gasteiger partial charge in [0, 0.05) is 0 Å². The molecule has 1 atom stereocenters. The van der Waals surface area contributed by atoms with Crippen molar-refractivity contribution in [2.24, 2.45) is 5.92 Å². The number of sulfonamides is 1. The maximum Gasteiger partial charge on any atom is 0.322 e. The molecular weight excluding hydrogens is 474 g/mol. The van der Waals surface area contributed by atoms with Gasteiger partial charge in [0.1, 0.15) is 6.04 Å². The van der Waals surface area contributed by atoms with Crippen LogP contribution in [0.15, 0.2) is 95.9 Å². The highest BCUT2D eigenvalue weighted by atomic mass is 32.2. The van der Waals surface area contributed by atoms with Gasteiger partial charge >= 0.3 is 5.97 Å². The lowest BCUT2D eigenvalue weighted by Crippen LogP contribution is -2.44. The monoisotopic (exact) mass is 503 g/mol. The standard InChI is InChI=1S/C29H29NO5S/c1-20(2)28(29(31)32)30-36(33,34)27-15-13-25(14-16-27)24-10-7-21(8-11-24)18-35-19-22-9-12-23-5-3-4-6-26(23)17-22/h3-17,20,28,30H,18-19H2,1-2H3,(H,31,32)/t28-/m1/s1. The van der Waals surface area contributed by atoms with Crippen LogP contribution in [0.5, 0.6) is 0 Å². The minimum atomic E-state index is -3.95. The lowest BCUT2D eigenvalue weighted by atomic mass is 10.0. The van der Waals surface area contributed by atoms with Crippen LogP contribution in [-0.4, -0.2) is 25.5 Å². The highest BCUT2D eigenvalue weighted by molar-refractivity contribution is 7.89. The van der Waals surface area contributed by atoms with Crippen LogP contribution in [0.1, 0.15) is 25.0 Å². The van der Waals surface area contributed by atoms with E-state index in [-0.39, 0.29) is 10.8 Å². The van der Waals surface area contributed by atoms with E-state index in [1.807, 2.05) is 36.4 Å². The largest absolute Gasteiger partial charge is 0.480 e. The van der Waals surface area contributed by atoms with Gasteiger partial charge < -0.3 is 9.84 Å². The van der Waals surface area contributed by atoms with Crippen molar-refractivity contribution in [1.29, 1.82) is 0 Å². The third-order valence-electron chi connectivity index (χ3n) is 6.02. The van der Waals surface area contributed by atoms with Gasteiger partial charge in [0.15, 0.2) is 0 Å². The van der Waals surface area contributed by atoms with E-state index in [0.29, 0.717) is 13.2 Å². The normalized spacial score (nSPS) is 12.6. The molecule has 0 amide bonds. The molecule has 0 bridgehead atoms. The molecule has 2 N–H and O–H groups in total. The van der Waals surface area contributed by atoms with Crippen molar-refractivity contribution < 1.29 is 23.1 Å². The first-order valence-electron chi connectivity index (χ1n) is 11.7. The van der Waals surface area contributed by atoms with Crippen molar-refractivity contribution in [2.75, 3.05) is 0 Å². The van der Waals surface area contributed by atoms with E-state index in [1.165, 1.54) is 22.9 Å². The van der Waals surface area contributed by atoms with Crippen LogP contribution in [0, 0.1) is 5.92 Å². The van der Waals surface area contributed by atoms with Gasteiger partial charge in [0.05, 0.1) is 18.1 Å². The Hall–Kier alpha value is -3.52. The summed E-state index contributed by atoms with van der Waals surface area (Å²) in [5, 5.41) is 11.7. The van der Waals surface area contributed by atoms with Gasteiger partial charge in [-0.2, -0.15) is 4.72 Å². The fourth-order valence-electron chi connectivity index (χ4n) is 3.94. The molecule has 4 rings (SSSR count). The zero-order valence-electron chi connectivity index (χ0n) is 20.2. The van der Waals surface area contributed by atoms with Gasteiger partial charge in [0.2, 0.25) is 10.0 Å². The van der Waals surface area contributed by atoms with Crippen molar-refractivity contribution in [2.45, 2.75) is 38.0 Å². The van der Waals surface area contributed by atoms with E-state index in [1.54, 1.807) is 26.0 Å². The first kappa shape index (κ1) is 25.6. The van der Waals surface area contributed by atoms with Gasteiger partial charge in [-0.05, 0) is 57.1 Å². The van der Waals surface area contributed by atoms with Crippen molar-refractivity contribution >= 4 is 26.8 Å². The van der Waals surface area contributed by atoms with E-state index in [9.17, 15) is 18.3 Å². The van der Waals surface area contributed by atoms with Crippen LogP contribution in [-0.2, 0) is 32.8 Å². The minimum Gasteiger partial charge on any atom is -0.480 e. The maximum absolute atomic E-state index is 12.6. The SMILES string of the molecule is CC(C)[C@@H](NS(=O)(=O)c1ccc(-c2ccc(COCc3ccc4ccccc4c3)cc2)cc1)C(=O)O. The Kier molecular flexibility index (Phi) is 7.84. The molecule has 4 aromatic carbocycles. The third-order valence-corrected chi connectivity index (χ3v) is 7.48. The zero-order chi connectivity index (χ0) is 25.7. The summed E-state index contributed by atoms with van der Waals surface area (Å²) in [5.41, 5.74) is 3.96. The van der Waals surface area contributed by atoms with Crippen LogP contribution in [0.3, 0.4) is 0 Å². The maximum atomic E-state index is 12.6. The molecule has 0 saturated carbocycles. The molecule has 0 unspecified atom stereocenters. The number of aliphatic carboxylic acids is 1. The summed E-state index contributed by atoms with van der Waals surface area (Å²) in [4.78, 5) is 11.4. The van der Waals surface area contributed by atoms with Gasteiger partial charge in [0.25, 0.3) is 0 Å². The van der Waals surface area contributed by atoms with Crippen LogP contribution in [0.4, 0.5) is 0 Å². The Morgan fingerprint density at radius 2 is 1.36 bits per heavy atom. The van der Waals surface area contributed by atoms with Gasteiger partial charge in [-0.1, -0.05) is 86.6 Å². The molecule has 7 heteroatoms. The lowest BCUT2D eigenvalue weighted by molar-refractivity contribution is -0.140. The Bertz CT molecular complexity index is 1450. The Morgan fingerprint density at radius 1 is 0.806 bits per heavy atom. The van der Waals surface area contributed by atoms with Gasteiger partial charge in [-0.15, -0.1) is 0 Å². The van der Waals surface area contributed by atoms with E-state index in [2.05, 4.69) is 35.1 Å². The van der Waals surface area contributed by atoms with E-state index >= 15 is 0 Å². The number of rotatable bonds is 10. The first-order chi connectivity index (χ1) is 17.2. The van der Waals surface area contributed by atoms with Crippen LogP contribution in [0.2, 0.25) is 0 Å². The van der Waals surface area contributed by atoms with E-state index in [4.69, 9.17) is 4.74 Å². The lowest BCUT2D eigenvalue weighted by Gasteiger charge is -2.18. The van der Waals surface area contributed by atoms with Crippen molar-refractivity contribution in [3.63, 3.8) is 0 Å². The molecule has 0 fully saturated rings. The van der Waals surface area contributed by atoms with Crippen LogP contribution < -0.4 is 4.72 Å². The number of carbonyl (C=O) groups is 1. The molecule has 0 aliphatic carbocycles. The molecule has 0 aromatic heterocycles. The number of carboxylic acids is 1. The Morgan fingerprint density at radius 3 is 1.97 bits per heavy atom. The first-order valence-corrected chi connectivity index (χ1v) is 13.2. The molecule has 0 radical (unpaired) electrons. The molecule has 0 spiro atoms. The quantitative estimate of drug-likeness (QED) is 0.293. The predicted molar refractivity (Wildman–Crippen MR) is 141 cm³/mol. The topological polar surface area (TPSA) is 92.7 Å². The second kappa shape index (κ2) is 11.0. The summed E-state index contributed by atoms with van der Waals surface area (Å²) in [7, 11) is -3.95. The Labute approximate surface area is 211 Å². The summed E-state index contributed by atoms with van der Waals surface area (Å²) < 4.78 is 33.4. The third kappa shape index (κ3) is 6.18. The molecule has 0 aliphatic rings. The average molecular weight is 504 g/mol. The molecule has 6 nitrogen and oxygen atoms in total. The van der Waals surface area contributed by atoms with E-state index < -0.39 is 22.0 Å². The smallest absolute Gasteiger partial charge is 0.322 e. The van der Waals surface area contributed by atoms with Crippen LogP contribution >= 0.6 is 0 Å². The van der Waals surface area contributed by atoms with Crippen molar-refractivity contribution in [1.82, 2.24) is 4.72 Å². The summed E-state index contributed by atoms with van der Waals surface area (Å²) in [6.07, 6.45) is 0. The minimum absolute atomic E-state index is 0.0249. The zero-order valence-corrected chi connectivity index (χ0v) is 21.0. The van der Waals surface area contributed by atoms with Gasteiger partial charge in [-0.3, -0.25) is 4.79 Å². The number of carboxylic acid groups (broad SMARTS) is 1. The summed E-state index contributed by atoms with van der Waals surface area (Å²) >= 11 is 0. The fourth-order valence-corrected chi connectivity index (χ4v) is 5.28. The number of benzene rings is 4. The van der Waals surface area contributed by atoms with Crippen molar-refractivity contribution in [3.8, 4) is 11.1 Å². The Balaban J connectivity index is 1.36. The van der Waals surface area contributed by atoms with E-state index in [0.717, 1.165) is 22.3 Å². The number of hydrogen-bond acceptors (Lipinski definition) is 4. The fraction of sp³-hybridized carbons (Fsp3) is 0.207. The summed E-state index contributed by atoms with van der Waals surface area (Å²) in [6, 6.07) is 27.7. The molecule has 0 heterocycles. The summed E-state index contributed by atoms with van der Waals surface area (Å²) in [5.74, 6) is -1.59. The molecule has 0 aliphatic heterocycles. The molecular formula is C29H29NO5S. The van der Waals surface area contributed by atoms with Gasteiger partial charge in [-0.25, -0.2) is 8.42 Å². The average Bonchev–Trinajstić information content (AvgIpc) is 2.87. The summed E-state index contributed by atoms with van der Waals surface area (Å²) in [6.45, 7) is 4.32. The highest BCUT2D eigenvalue weighted by Gasteiger charge is 2.27. The number of nitrogens with one attached hydrogen (secondary N) is 1.